The van der Waals surface area contributed by atoms with Crippen LogP contribution in [0.25, 0.3) is 6.08 Å². The Morgan fingerprint density at radius 3 is 2.59 bits per heavy atom. The summed E-state index contributed by atoms with van der Waals surface area (Å²) in [6.45, 7) is 3.03. The molecular weight excluding hydrogens is 270 g/mol. The summed E-state index contributed by atoms with van der Waals surface area (Å²) in [4.78, 5) is 0. The number of hydrogen-bond donors (Lipinski definition) is 0. The molecule has 0 aliphatic rings. The molecule has 2 aromatic rings. The number of hydrogen-bond acceptors (Lipinski definition) is 2. The second kappa shape index (κ2) is 9.93. The highest BCUT2D eigenvalue weighted by Gasteiger charge is 1.99. The van der Waals surface area contributed by atoms with Crippen LogP contribution in [-0.4, -0.2) is 15.0 Å². The molecule has 1 aromatic heterocycles. The highest BCUT2D eigenvalue weighted by atomic mass is 15.4. The van der Waals surface area contributed by atoms with Gasteiger partial charge in [0.15, 0.2) is 0 Å². The number of nitrogens with zero attached hydrogens (tertiary/aromatic N) is 3. The number of unbranched alkanes of at least 4 members (excludes halogenated alkanes) is 5. The minimum absolute atomic E-state index is 0.776. The fraction of sp³-hybridized carbons (Fsp3) is 0.474. The minimum atomic E-state index is 0.776. The molecule has 0 aliphatic heterocycles. The molecule has 0 bridgehead atoms. The predicted octanol–water partition coefficient (Wildman–Crippen LogP) is 4.89. The van der Waals surface area contributed by atoms with Crippen LogP contribution in [0.1, 0.15) is 56.7 Å². The van der Waals surface area contributed by atoms with Crippen molar-refractivity contribution in [3.63, 3.8) is 0 Å². The zero-order valence-corrected chi connectivity index (χ0v) is 13.6. The summed E-state index contributed by atoms with van der Waals surface area (Å²) < 4.78 is 1.91. The van der Waals surface area contributed by atoms with E-state index in [-0.39, 0.29) is 0 Å². The van der Waals surface area contributed by atoms with E-state index in [9.17, 15) is 0 Å². The second-order valence-corrected chi connectivity index (χ2v) is 5.76. The van der Waals surface area contributed by atoms with Gasteiger partial charge in [0.25, 0.3) is 0 Å². The molecule has 0 N–H and O–H groups in total. The molecule has 118 valence electrons. The Bertz CT molecular complexity index is 543. The van der Waals surface area contributed by atoms with Crippen LogP contribution in [0.15, 0.2) is 42.6 Å². The molecule has 3 nitrogen and oxygen atoms in total. The van der Waals surface area contributed by atoms with E-state index in [0.29, 0.717) is 0 Å². The molecule has 1 aromatic carbocycles. The van der Waals surface area contributed by atoms with Crippen molar-refractivity contribution in [1.82, 2.24) is 15.0 Å². The Hall–Kier alpha value is -1.90. The molecular formula is C19H27N3. The van der Waals surface area contributed by atoms with Gasteiger partial charge in [-0.15, -0.1) is 5.10 Å². The van der Waals surface area contributed by atoms with Crippen LogP contribution in [0.5, 0.6) is 0 Å². The van der Waals surface area contributed by atoms with Gasteiger partial charge in [0.1, 0.15) is 0 Å². The summed E-state index contributed by atoms with van der Waals surface area (Å²) in [5.41, 5.74) is 2.33. The van der Waals surface area contributed by atoms with Gasteiger partial charge < -0.3 is 0 Å². The lowest BCUT2D eigenvalue weighted by Crippen LogP contribution is -1.95. The third kappa shape index (κ3) is 6.25. The van der Waals surface area contributed by atoms with Gasteiger partial charge in [0.2, 0.25) is 0 Å². The fourth-order valence-electron chi connectivity index (χ4n) is 2.49. The Balaban J connectivity index is 1.67. The summed E-state index contributed by atoms with van der Waals surface area (Å²) in [6, 6.07) is 10.3. The topological polar surface area (TPSA) is 30.7 Å². The summed E-state index contributed by atoms with van der Waals surface area (Å²) in [6.07, 6.45) is 15.3. The van der Waals surface area contributed by atoms with E-state index in [1.807, 2.05) is 22.9 Å². The standard InChI is InChI=1S/C19H27N3/c1-2-3-4-5-6-10-15-19-17-22(21-20-19)16-11-14-18-12-8-7-9-13-18/h7-9,11-14,17H,2-6,10,15-16H2,1H3/b14-11+. The van der Waals surface area contributed by atoms with Crippen LogP contribution in [0.3, 0.4) is 0 Å². The van der Waals surface area contributed by atoms with Crippen LogP contribution in [-0.2, 0) is 13.0 Å². The minimum Gasteiger partial charge on any atom is -0.248 e. The summed E-state index contributed by atoms with van der Waals surface area (Å²) in [5, 5.41) is 8.45. The molecule has 2 rings (SSSR count). The van der Waals surface area contributed by atoms with E-state index in [2.05, 4.69) is 47.7 Å². The van der Waals surface area contributed by atoms with Crippen molar-refractivity contribution in [2.75, 3.05) is 0 Å². The molecule has 22 heavy (non-hydrogen) atoms. The zero-order valence-electron chi connectivity index (χ0n) is 13.6. The third-order valence-corrected chi connectivity index (χ3v) is 3.77. The molecule has 0 fully saturated rings. The second-order valence-electron chi connectivity index (χ2n) is 5.76. The van der Waals surface area contributed by atoms with Gasteiger partial charge in [-0.3, -0.25) is 0 Å². The molecule has 0 unspecified atom stereocenters. The maximum absolute atomic E-state index is 4.25. The first-order valence-electron chi connectivity index (χ1n) is 8.49. The lowest BCUT2D eigenvalue weighted by atomic mass is 10.1. The molecule has 0 radical (unpaired) electrons. The molecule has 0 aliphatic carbocycles. The largest absolute Gasteiger partial charge is 0.248 e. The van der Waals surface area contributed by atoms with E-state index in [0.717, 1.165) is 18.7 Å². The first kappa shape index (κ1) is 16.5. The number of rotatable bonds is 10. The smallest absolute Gasteiger partial charge is 0.0827 e. The Labute approximate surface area is 134 Å². The summed E-state index contributed by atoms with van der Waals surface area (Å²) in [7, 11) is 0. The van der Waals surface area contributed by atoms with Crippen LogP contribution in [0.4, 0.5) is 0 Å². The monoisotopic (exact) mass is 297 g/mol. The van der Waals surface area contributed by atoms with E-state index in [1.165, 1.54) is 44.1 Å². The average molecular weight is 297 g/mol. The molecule has 1 heterocycles. The van der Waals surface area contributed by atoms with Crippen molar-refractivity contribution in [2.45, 2.75) is 58.4 Å². The van der Waals surface area contributed by atoms with Gasteiger partial charge >= 0.3 is 0 Å². The lowest BCUT2D eigenvalue weighted by molar-refractivity contribution is 0.604. The van der Waals surface area contributed by atoms with Crippen LogP contribution in [0.2, 0.25) is 0 Å². The van der Waals surface area contributed by atoms with Crippen LogP contribution >= 0.6 is 0 Å². The van der Waals surface area contributed by atoms with Gasteiger partial charge in [-0.25, -0.2) is 4.68 Å². The highest BCUT2D eigenvalue weighted by molar-refractivity contribution is 5.48. The molecule has 3 heteroatoms. The fourth-order valence-corrected chi connectivity index (χ4v) is 2.49. The molecule has 0 saturated heterocycles. The summed E-state index contributed by atoms with van der Waals surface area (Å²) >= 11 is 0. The third-order valence-electron chi connectivity index (χ3n) is 3.77. The number of benzene rings is 1. The average Bonchev–Trinajstić information content (AvgIpc) is 3.00. The maximum atomic E-state index is 4.25. The van der Waals surface area contributed by atoms with Crippen molar-refractivity contribution < 1.29 is 0 Å². The van der Waals surface area contributed by atoms with E-state index in [1.54, 1.807) is 0 Å². The summed E-state index contributed by atoms with van der Waals surface area (Å²) in [5.74, 6) is 0. The van der Waals surface area contributed by atoms with Gasteiger partial charge in [-0.1, -0.05) is 86.7 Å². The van der Waals surface area contributed by atoms with Crippen molar-refractivity contribution in [1.29, 1.82) is 0 Å². The maximum Gasteiger partial charge on any atom is 0.0827 e. The van der Waals surface area contributed by atoms with Crippen molar-refractivity contribution in [3.05, 3.63) is 53.9 Å². The molecule has 0 spiro atoms. The van der Waals surface area contributed by atoms with Crippen molar-refractivity contribution in [2.24, 2.45) is 0 Å². The van der Waals surface area contributed by atoms with E-state index >= 15 is 0 Å². The first-order valence-corrected chi connectivity index (χ1v) is 8.49. The highest BCUT2D eigenvalue weighted by Crippen LogP contribution is 2.08. The molecule has 0 atom stereocenters. The lowest BCUT2D eigenvalue weighted by Gasteiger charge is -1.98. The zero-order chi connectivity index (χ0) is 15.5. The van der Waals surface area contributed by atoms with Crippen LogP contribution < -0.4 is 0 Å². The number of aryl methyl sites for hydroxylation is 1. The van der Waals surface area contributed by atoms with Gasteiger partial charge in [-0.2, -0.15) is 0 Å². The van der Waals surface area contributed by atoms with E-state index in [4.69, 9.17) is 0 Å². The number of allylic oxidation sites excluding steroid dienone is 1. The van der Waals surface area contributed by atoms with Crippen LogP contribution in [0, 0.1) is 0 Å². The number of aromatic nitrogens is 3. The normalized spacial score (nSPS) is 11.3. The van der Waals surface area contributed by atoms with Gasteiger partial charge in [-0.05, 0) is 18.4 Å². The molecule has 0 amide bonds. The Kier molecular flexibility index (Phi) is 7.44. The predicted molar refractivity (Wildman–Crippen MR) is 92.6 cm³/mol. The SMILES string of the molecule is CCCCCCCCc1cn(C/C=C/c2ccccc2)nn1. The van der Waals surface area contributed by atoms with E-state index < -0.39 is 0 Å². The molecule has 0 saturated carbocycles. The van der Waals surface area contributed by atoms with Crippen molar-refractivity contribution >= 4 is 6.08 Å². The Morgan fingerprint density at radius 1 is 1.00 bits per heavy atom. The van der Waals surface area contributed by atoms with Gasteiger partial charge in [0.05, 0.1) is 12.2 Å². The quantitative estimate of drug-likeness (QED) is 0.584. The first-order chi connectivity index (χ1) is 10.9. The Morgan fingerprint density at radius 2 is 1.77 bits per heavy atom. The van der Waals surface area contributed by atoms with Crippen molar-refractivity contribution in [3.8, 4) is 0 Å². The van der Waals surface area contributed by atoms with Gasteiger partial charge in [0, 0.05) is 6.20 Å².